The monoisotopic (exact) mass is 302 g/mol. The van der Waals surface area contributed by atoms with Gasteiger partial charge in [-0.1, -0.05) is 38.6 Å². The van der Waals surface area contributed by atoms with Crippen LogP contribution in [0.5, 0.6) is 0 Å². The van der Waals surface area contributed by atoms with Gasteiger partial charge in [0.15, 0.2) is 0 Å². The summed E-state index contributed by atoms with van der Waals surface area (Å²) in [6, 6.07) is 7.79. The Bertz CT molecular complexity index is 443. The van der Waals surface area contributed by atoms with Crippen molar-refractivity contribution in [2.24, 2.45) is 0 Å². The van der Waals surface area contributed by atoms with Crippen molar-refractivity contribution in [3.63, 3.8) is 0 Å². The molecule has 0 spiro atoms. The number of aromatic nitrogens is 3. The second-order valence-electron chi connectivity index (χ2n) is 4.58. The van der Waals surface area contributed by atoms with E-state index in [1.54, 1.807) is 6.20 Å². The first-order chi connectivity index (χ1) is 7.07. The van der Waals surface area contributed by atoms with Crippen LogP contribution in [0.15, 0.2) is 30.5 Å². The van der Waals surface area contributed by atoms with E-state index in [0.29, 0.717) is 0 Å². The number of hydrogen-bond donors (Lipinski definition) is 0. The summed E-state index contributed by atoms with van der Waals surface area (Å²) >= 11 is 0. The summed E-state index contributed by atoms with van der Waals surface area (Å²) in [5, 5.41) is 8.31. The van der Waals surface area contributed by atoms with Crippen molar-refractivity contribution >= 4 is 0 Å². The summed E-state index contributed by atoms with van der Waals surface area (Å²) in [6.07, 6.45) is 1.76. The fourth-order valence-electron chi connectivity index (χ4n) is 1.30. The van der Waals surface area contributed by atoms with Crippen molar-refractivity contribution < 1.29 is 19.5 Å². The van der Waals surface area contributed by atoms with Gasteiger partial charge in [-0.15, -0.1) is 0 Å². The average Bonchev–Trinajstić information content (AvgIpc) is 2.67. The largest absolute Gasteiger partial charge is 1.00 e. The Labute approximate surface area is 108 Å². The summed E-state index contributed by atoms with van der Waals surface area (Å²) in [4.78, 5) is 4.24. The van der Waals surface area contributed by atoms with E-state index in [1.807, 2.05) is 24.3 Å². The molecule has 2 aromatic heterocycles. The molecule has 0 bridgehead atoms. The molecule has 0 unspecified atom stereocenters. The molecule has 2 rings (SSSR count). The Morgan fingerprint density at radius 2 is 1.94 bits per heavy atom. The third-order valence-electron chi connectivity index (χ3n) is 2.23. The first kappa shape index (κ1) is 13.1. The van der Waals surface area contributed by atoms with Gasteiger partial charge in [0.25, 0.3) is 0 Å². The molecule has 0 amide bonds. The Morgan fingerprint density at radius 1 is 1.19 bits per heavy atom. The van der Waals surface area contributed by atoms with Crippen LogP contribution in [0.3, 0.4) is 0 Å². The van der Waals surface area contributed by atoms with Crippen LogP contribution in [0.1, 0.15) is 26.5 Å². The molecule has 1 radical (unpaired) electrons. The quantitative estimate of drug-likeness (QED) is 0.759. The van der Waals surface area contributed by atoms with Gasteiger partial charge in [0.1, 0.15) is 0 Å². The summed E-state index contributed by atoms with van der Waals surface area (Å²) in [7, 11) is 0. The van der Waals surface area contributed by atoms with Crippen LogP contribution in [-0.2, 0) is 24.9 Å². The van der Waals surface area contributed by atoms with Gasteiger partial charge in [-0.3, -0.25) is 4.98 Å². The van der Waals surface area contributed by atoms with Gasteiger partial charge in [-0.05, 0) is 12.1 Å². The van der Waals surface area contributed by atoms with Gasteiger partial charge in [0.05, 0.1) is 0 Å². The summed E-state index contributed by atoms with van der Waals surface area (Å²) < 4.78 is 0. The first-order valence-electron chi connectivity index (χ1n) is 5.00. The average molecular weight is 301 g/mol. The maximum absolute atomic E-state index is 4.24. The number of pyridine rings is 1. The third-order valence-corrected chi connectivity index (χ3v) is 2.23. The van der Waals surface area contributed by atoms with Crippen molar-refractivity contribution in [2.45, 2.75) is 26.2 Å². The van der Waals surface area contributed by atoms with E-state index in [9.17, 15) is 0 Å². The predicted octanol–water partition coefficient (Wildman–Crippen LogP) is 2.40. The van der Waals surface area contributed by atoms with Crippen LogP contribution in [0.4, 0.5) is 0 Å². The number of nitrogens with zero attached hydrogens (tertiary/aromatic N) is 3. The minimum atomic E-state index is 0. The van der Waals surface area contributed by atoms with Crippen LogP contribution in [-0.4, -0.2) is 10.1 Å². The zero-order valence-electron chi connectivity index (χ0n) is 9.58. The van der Waals surface area contributed by atoms with Crippen molar-refractivity contribution in [2.75, 3.05) is 0 Å². The molecular weight excluding hydrogens is 287 g/mol. The predicted molar refractivity (Wildman–Crippen MR) is 59.5 cm³/mol. The topological polar surface area (TPSA) is 39.9 Å². The molecular formula is C12H14N3Ru. The van der Waals surface area contributed by atoms with Gasteiger partial charge in [0.2, 0.25) is 0 Å². The minimum Gasteiger partial charge on any atom is -0.573 e. The van der Waals surface area contributed by atoms with Gasteiger partial charge in [0, 0.05) is 23.0 Å². The Morgan fingerprint density at radius 3 is 2.44 bits per heavy atom. The molecule has 0 aromatic carbocycles. The van der Waals surface area contributed by atoms with Crippen molar-refractivity contribution in [3.05, 3.63) is 36.2 Å². The van der Waals surface area contributed by atoms with Crippen molar-refractivity contribution in [3.8, 4) is 11.4 Å². The van der Waals surface area contributed by atoms with E-state index in [4.69, 9.17) is 0 Å². The maximum atomic E-state index is 4.24. The SMILES string of the molecule is CC(C)(C)c1cc(-c2ccccn2)[n-]n1.[Ru+]. The molecule has 16 heavy (non-hydrogen) atoms. The maximum Gasteiger partial charge on any atom is 1.00 e. The molecule has 0 N–H and O–H groups in total. The standard InChI is InChI=1S/C12H14N3.Ru/c1-12(2,3)11-8-10(14-15-11)9-6-4-5-7-13-9;/h4-8H,1-3H3;/q-1;+1. The Balaban J connectivity index is 0.00000128. The molecule has 0 aliphatic carbocycles. The van der Waals surface area contributed by atoms with Crippen LogP contribution < -0.4 is 5.10 Å². The third kappa shape index (κ3) is 2.76. The smallest absolute Gasteiger partial charge is 0.573 e. The van der Waals surface area contributed by atoms with Crippen LogP contribution in [0.2, 0.25) is 0 Å². The fraction of sp³-hybridized carbons (Fsp3) is 0.333. The summed E-state index contributed by atoms with van der Waals surface area (Å²) in [6.45, 7) is 6.37. The molecule has 0 fully saturated rings. The molecule has 0 aliphatic heterocycles. The van der Waals surface area contributed by atoms with Crippen molar-refractivity contribution in [1.29, 1.82) is 0 Å². The van der Waals surface area contributed by atoms with Gasteiger partial charge in [-0.2, -0.15) is 0 Å². The summed E-state index contributed by atoms with van der Waals surface area (Å²) in [5.74, 6) is 0. The zero-order chi connectivity index (χ0) is 10.9. The molecule has 0 aliphatic rings. The first-order valence-corrected chi connectivity index (χ1v) is 5.00. The number of rotatable bonds is 1. The van der Waals surface area contributed by atoms with E-state index in [1.165, 1.54) is 0 Å². The molecule has 3 nitrogen and oxygen atoms in total. The molecule has 2 heterocycles. The van der Waals surface area contributed by atoms with E-state index in [2.05, 4.69) is 36.0 Å². The van der Waals surface area contributed by atoms with Gasteiger partial charge in [-0.25, -0.2) is 0 Å². The summed E-state index contributed by atoms with van der Waals surface area (Å²) in [5.41, 5.74) is 2.77. The second kappa shape index (κ2) is 4.88. The van der Waals surface area contributed by atoms with Gasteiger partial charge >= 0.3 is 19.5 Å². The Kier molecular flexibility index (Phi) is 3.98. The molecule has 0 saturated carbocycles. The normalized spacial score (nSPS) is 10.9. The number of hydrogen-bond acceptors (Lipinski definition) is 2. The van der Waals surface area contributed by atoms with Gasteiger partial charge < -0.3 is 10.2 Å². The molecule has 0 atom stereocenters. The fourth-order valence-corrected chi connectivity index (χ4v) is 1.30. The van der Waals surface area contributed by atoms with Crippen molar-refractivity contribution in [1.82, 2.24) is 15.2 Å². The van der Waals surface area contributed by atoms with Crippen LogP contribution >= 0.6 is 0 Å². The molecule has 2 aromatic rings. The second-order valence-corrected chi connectivity index (χ2v) is 4.58. The van der Waals surface area contributed by atoms with E-state index in [-0.39, 0.29) is 24.9 Å². The van der Waals surface area contributed by atoms with E-state index >= 15 is 0 Å². The Hall–Kier alpha value is -1.02. The zero-order valence-corrected chi connectivity index (χ0v) is 11.3. The molecule has 4 heteroatoms. The molecule has 0 saturated heterocycles. The van der Waals surface area contributed by atoms with Crippen LogP contribution in [0.25, 0.3) is 11.4 Å². The van der Waals surface area contributed by atoms with E-state index < -0.39 is 0 Å². The van der Waals surface area contributed by atoms with Crippen LogP contribution in [0, 0.1) is 0 Å². The molecule has 85 valence electrons. The van der Waals surface area contributed by atoms with E-state index in [0.717, 1.165) is 17.1 Å². The minimum absolute atomic E-state index is 0.